The van der Waals surface area contributed by atoms with Crippen LogP contribution in [0.1, 0.15) is 50.7 Å². The lowest BCUT2D eigenvalue weighted by atomic mass is 9.83. The van der Waals surface area contributed by atoms with Gasteiger partial charge in [-0.05, 0) is 50.8 Å². The summed E-state index contributed by atoms with van der Waals surface area (Å²) in [6.45, 7) is 5.68. The van der Waals surface area contributed by atoms with E-state index in [-0.39, 0.29) is 6.10 Å². The van der Waals surface area contributed by atoms with E-state index in [0.717, 1.165) is 37.9 Å². The topological polar surface area (TPSA) is 47.3 Å². The second-order valence-corrected chi connectivity index (χ2v) is 7.20. The first-order chi connectivity index (χ1) is 10.4. The maximum atomic E-state index is 10.1. The van der Waals surface area contributed by atoms with Gasteiger partial charge in [0.05, 0.1) is 17.6 Å². The van der Waals surface area contributed by atoms with Crippen LogP contribution >= 0.6 is 0 Å². The quantitative estimate of drug-likeness (QED) is 0.905. The van der Waals surface area contributed by atoms with E-state index >= 15 is 0 Å². The molecule has 1 saturated carbocycles. The molecule has 0 amide bonds. The van der Waals surface area contributed by atoms with Crippen molar-refractivity contribution >= 4 is 0 Å². The van der Waals surface area contributed by atoms with Crippen molar-refractivity contribution < 1.29 is 5.11 Å². The average molecular weight is 300 g/mol. The van der Waals surface area contributed by atoms with Crippen molar-refractivity contribution in [2.24, 2.45) is 5.92 Å². The first-order valence-corrected chi connectivity index (χ1v) is 8.30. The summed E-state index contributed by atoms with van der Waals surface area (Å²) in [4.78, 5) is 2.28. The van der Waals surface area contributed by atoms with Gasteiger partial charge >= 0.3 is 0 Å². The monoisotopic (exact) mass is 300 g/mol. The summed E-state index contributed by atoms with van der Waals surface area (Å²) in [7, 11) is 2.11. The van der Waals surface area contributed by atoms with Gasteiger partial charge < -0.3 is 10.0 Å². The summed E-state index contributed by atoms with van der Waals surface area (Å²) in [5.41, 5.74) is 1.84. The number of nitrogens with zero attached hydrogens (tertiary/aromatic N) is 2. The summed E-state index contributed by atoms with van der Waals surface area (Å²) < 4.78 is 0. The molecule has 3 nitrogen and oxygen atoms in total. The van der Waals surface area contributed by atoms with Gasteiger partial charge in [-0.15, -0.1) is 0 Å². The fourth-order valence-corrected chi connectivity index (χ4v) is 3.48. The van der Waals surface area contributed by atoms with E-state index in [1.807, 2.05) is 26.0 Å². The van der Waals surface area contributed by atoms with Gasteiger partial charge in [0.15, 0.2) is 0 Å². The molecule has 1 N–H and O–H groups in total. The zero-order valence-corrected chi connectivity index (χ0v) is 14.0. The molecular weight excluding hydrogens is 272 g/mol. The van der Waals surface area contributed by atoms with E-state index in [1.165, 1.54) is 12.0 Å². The lowest BCUT2D eigenvalue weighted by Crippen LogP contribution is -2.35. The van der Waals surface area contributed by atoms with Gasteiger partial charge in [-0.3, -0.25) is 0 Å². The maximum absolute atomic E-state index is 10.1. The van der Waals surface area contributed by atoms with Crippen LogP contribution in [0.2, 0.25) is 0 Å². The predicted molar refractivity (Wildman–Crippen MR) is 89.4 cm³/mol. The lowest BCUT2D eigenvalue weighted by molar-refractivity contribution is 0.0501. The van der Waals surface area contributed by atoms with Gasteiger partial charge in [0, 0.05) is 13.1 Å². The van der Waals surface area contributed by atoms with Crippen LogP contribution < -0.4 is 0 Å². The molecule has 0 saturated heterocycles. The normalized spacial score (nSPS) is 22.5. The second kappa shape index (κ2) is 7.26. The Bertz CT molecular complexity index is 532. The van der Waals surface area contributed by atoms with Crippen molar-refractivity contribution in [2.45, 2.75) is 57.6 Å². The highest BCUT2D eigenvalue weighted by atomic mass is 16.3. The molecule has 1 aliphatic carbocycles. The Morgan fingerprint density at radius 3 is 2.64 bits per heavy atom. The molecule has 2 rings (SSSR count). The van der Waals surface area contributed by atoms with Crippen molar-refractivity contribution in [3.8, 4) is 6.07 Å². The second-order valence-electron chi connectivity index (χ2n) is 7.20. The molecule has 3 heteroatoms. The van der Waals surface area contributed by atoms with Gasteiger partial charge in [0.2, 0.25) is 0 Å². The van der Waals surface area contributed by atoms with Crippen LogP contribution in [0, 0.1) is 17.2 Å². The van der Waals surface area contributed by atoms with Crippen LogP contribution in [0.5, 0.6) is 0 Å². The molecule has 0 spiro atoms. The molecule has 2 unspecified atom stereocenters. The third-order valence-corrected chi connectivity index (χ3v) is 4.83. The molecule has 1 aromatic carbocycles. The summed E-state index contributed by atoms with van der Waals surface area (Å²) in [6, 6.07) is 10.6. The Morgan fingerprint density at radius 1 is 1.27 bits per heavy atom. The fraction of sp³-hybridized carbons (Fsp3) is 0.632. The van der Waals surface area contributed by atoms with E-state index in [9.17, 15) is 10.4 Å². The predicted octanol–water partition coefficient (Wildman–Crippen LogP) is 3.47. The van der Waals surface area contributed by atoms with Crippen molar-refractivity contribution in [1.29, 1.82) is 5.26 Å². The Morgan fingerprint density at radius 2 is 1.95 bits per heavy atom. The standard InChI is InChI=1S/C19H28N2O/c1-19(2,14-20)17-10-6-4-8-15(17)12-21(3)13-16-9-5-7-11-18(16)22/h4,6,8,10,16,18,22H,5,7,9,11-13H2,1-3H3. The van der Waals surface area contributed by atoms with Crippen molar-refractivity contribution in [3.63, 3.8) is 0 Å². The summed E-state index contributed by atoms with van der Waals surface area (Å²) in [5, 5.41) is 19.5. The van der Waals surface area contributed by atoms with Gasteiger partial charge in [0.25, 0.3) is 0 Å². The Balaban J connectivity index is 2.06. The number of rotatable bonds is 5. The smallest absolute Gasteiger partial charge is 0.0769 e. The van der Waals surface area contributed by atoms with E-state index < -0.39 is 5.41 Å². The molecule has 1 fully saturated rings. The first-order valence-electron chi connectivity index (χ1n) is 8.30. The van der Waals surface area contributed by atoms with Crippen molar-refractivity contribution in [2.75, 3.05) is 13.6 Å². The van der Waals surface area contributed by atoms with Crippen LogP contribution in [0.3, 0.4) is 0 Å². The molecular formula is C19H28N2O. The molecule has 1 aliphatic rings. The van der Waals surface area contributed by atoms with Crippen LogP contribution in [-0.2, 0) is 12.0 Å². The number of aliphatic hydroxyl groups is 1. The summed E-state index contributed by atoms with van der Waals surface area (Å²) in [5.74, 6) is 0.384. The average Bonchev–Trinajstić information content (AvgIpc) is 2.50. The van der Waals surface area contributed by atoms with Crippen LogP contribution in [0.25, 0.3) is 0 Å². The SMILES string of the molecule is CN(Cc1ccccc1C(C)(C)C#N)CC1CCCCC1O. The highest BCUT2D eigenvalue weighted by molar-refractivity contribution is 5.37. The largest absolute Gasteiger partial charge is 0.393 e. The molecule has 1 aromatic rings. The van der Waals surface area contributed by atoms with Crippen molar-refractivity contribution in [1.82, 2.24) is 4.90 Å². The molecule has 0 heterocycles. The maximum Gasteiger partial charge on any atom is 0.0769 e. The minimum atomic E-state index is -0.470. The Labute approximate surface area is 134 Å². The molecule has 0 aromatic heterocycles. The zero-order chi connectivity index (χ0) is 16.2. The number of hydrogen-bond donors (Lipinski definition) is 1. The fourth-order valence-electron chi connectivity index (χ4n) is 3.48. The molecule has 22 heavy (non-hydrogen) atoms. The first kappa shape index (κ1) is 17.0. The zero-order valence-electron chi connectivity index (χ0n) is 14.0. The molecule has 120 valence electrons. The van der Waals surface area contributed by atoms with Crippen LogP contribution in [0.15, 0.2) is 24.3 Å². The number of aliphatic hydroxyl groups excluding tert-OH is 1. The summed E-state index contributed by atoms with van der Waals surface area (Å²) >= 11 is 0. The third kappa shape index (κ3) is 4.09. The summed E-state index contributed by atoms with van der Waals surface area (Å²) in [6.07, 6.45) is 4.30. The molecule has 0 bridgehead atoms. The third-order valence-electron chi connectivity index (χ3n) is 4.83. The minimum absolute atomic E-state index is 0.151. The molecule has 0 radical (unpaired) electrons. The number of benzene rings is 1. The van der Waals surface area contributed by atoms with Crippen LogP contribution in [-0.4, -0.2) is 29.7 Å². The number of hydrogen-bond acceptors (Lipinski definition) is 3. The van der Waals surface area contributed by atoms with Gasteiger partial charge in [-0.1, -0.05) is 37.1 Å². The van der Waals surface area contributed by atoms with Crippen molar-refractivity contribution in [3.05, 3.63) is 35.4 Å². The Hall–Kier alpha value is -1.37. The van der Waals surface area contributed by atoms with Crippen LogP contribution in [0.4, 0.5) is 0 Å². The minimum Gasteiger partial charge on any atom is -0.393 e. The van der Waals surface area contributed by atoms with Gasteiger partial charge in [-0.2, -0.15) is 5.26 Å². The molecule has 0 aliphatic heterocycles. The highest BCUT2D eigenvalue weighted by Gasteiger charge is 2.26. The molecule has 2 atom stereocenters. The van der Waals surface area contributed by atoms with E-state index in [2.05, 4.69) is 30.1 Å². The van der Waals surface area contributed by atoms with Gasteiger partial charge in [0.1, 0.15) is 0 Å². The Kier molecular flexibility index (Phi) is 5.61. The lowest BCUT2D eigenvalue weighted by Gasteiger charge is -2.32. The van der Waals surface area contributed by atoms with Gasteiger partial charge in [-0.25, -0.2) is 0 Å². The van der Waals surface area contributed by atoms with E-state index in [0.29, 0.717) is 5.92 Å². The highest BCUT2D eigenvalue weighted by Crippen LogP contribution is 2.28. The van der Waals surface area contributed by atoms with E-state index in [4.69, 9.17) is 0 Å². The van der Waals surface area contributed by atoms with E-state index in [1.54, 1.807) is 0 Å². The number of nitriles is 1.